The first kappa shape index (κ1) is 13.0. The summed E-state index contributed by atoms with van der Waals surface area (Å²) in [5, 5.41) is 5.00. The van der Waals surface area contributed by atoms with Gasteiger partial charge in [-0.3, -0.25) is 4.99 Å². The molecule has 0 radical (unpaired) electrons. The van der Waals surface area contributed by atoms with Gasteiger partial charge in [0.1, 0.15) is 0 Å². The van der Waals surface area contributed by atoms with E-state index < -0.39 is 0 Å². The summed E-state index contributed by atoms with van der Waals surface area (Å²) in [5.74, 6) is 0. The third-order valence-corrected chi connectivity index (χ3v) is 4.47. The second kappa shape index (κ2) is 5.94. The van der Waals surface area contributed by atoms with Gasteiger partial charge in [-0.05, 0) is 18.6 Å². The lowest BCUT2D eigenvalue weighted by molar-refractivity contribution is -0.0440. The zero-order valence-corrected chi connectivity index (χ0v) is 11.8. The molecule has 0 aliphatic carbocycles. The highest BCUT2D eigenvalue weighted by Gasteiger charge is 2.20. The normalized spacial score (nSPS) is 23.6. The molecule has 3 rings (SSSR count). The monoisotopic (exact) mass is 278 g/mol. The molecule has 1 atom stereocenters. The number of hydrogen-bond acceptors (Lipinski definition) is 5. The van der Waals surface area contributed by atoms with Crippen molar-refractivity contribution < 1.29 is 9.47 Å². The van der Waals surface area contributed by atoms with Crippen LogP contribution in [0.2, 0.25) is 0 Å². The lowest BCUT2D eigenvalue weighted by Gasteiger charge is -2.12. The zero-order valence-electron chi connectivity index (χ0n) is 11.0. The second-order valence-corrected chi connectivity index (χ2v) is 5.91. The number of ether oxygens (including phenoxy) is 2. The van der Waals surface area contributed by atoms with Crippen molar-refractivity contribution in [3.63, 3.8) is 0 Å². The van der Waals surface area contributed by atoms with Crippen LogP contribution in [0, 0.1) is 0 Å². The number of thioether (sulfide) groups is 1. The first-order valence-electron chi connectivity index (χ1n) is 6.66. The maximum Gasteiger partial charge on any atom is 0.184 e. The minimum atomic E-state index is -0.219. The molecule has 0 saturated carbocycles. The summed E-state index contributed by atoms with van der Waals surface area (Å²) in [4.78, 5) is 4.52. The van der Waals surface area contributed by atoms with Crippen molar-refractivity contribution in [2.45, 2.75) is 24.9 Å². The van der Waals surface area contributed by atoms with Crippen LogP contribution < -0.4 is 5.32 Å². The van der Waals surface area contributed by atoms with Crippen LogP contribution in [0.3, 0.4) is 0 Å². The summed E-state index contributed by atoms with van der Waals surface area (Å²) in [6, 6.07) is 8.15. The molecule has 1 aromatic carbocycles. The lowest BCUT2D eigenvalue weighted by Crippen LogP contribution is -2.07. The van der Waals surface area contributed by atoms with Crippen molar-refractivity contribution in [1.29, 1.82) is 0 Å². The molecule has 0 spiro atoms. The number of amidine groups is 1. The molecule has 102 valence electrons. The largest absolute Gasteiger partial charge is 0.346 e. The lowest BCUT2D eigenvalue weighted by atomic mass is 10.2. The van der Waals surface area contributed by atoms with Gasteiger partial charge in [0.2, 0.25) is 0 Å². The first-order chi connectivity index (χ1) is 9.35. The Bertz CT molecular complexity index is 472. The molecule has 0 amide bonds. The molecular weight excluding hydrogens is 260 g/mol. The molecule has 0 bridgehead atoms. The Hall–Kier alpha value is -1.04. The van der Waals surface area contributed by atoms with E-state index in [2.05, 4.69) is 23.3 Å². The molecule has 5 heteroatoms. The van der Waals surface area contributed by atoms with Crippen LogP contribution in [0.1, 0.15) is 25.2 Å². The maximum atomic E-state index is 5.51. The Labute approximate surface area is 117 Å². The van der Waals surface area contributed by atoms with Gasteiger partial charge in [0.05, 0.1) is 19.8 Å². The average Bonchev–Trinajstić information content (AvgIpc) is 3.10. The fraction of sp³-hybridized carbons (Fsp3) is 0.500. The highest BCUT2D eigenvalue weighted by atomic mass is 32.2. The van der Waals surface area contributed by atoms with Gasteiger partial charge in [-0.1, -0.05) is 30.8 Å². The van der Waals surface area contributed by atoms with E-state index in [0.29, 0.717) is 18.5 Å². The van der Waals surface area contributed by atoms with Crippen LogP contribution in [0.25, 0.3) is 0 Å². The Balaban J connectivity index is 1.66. The van der Waals surface area contributed by atoms with Gasteiger partial charge in [-0.15, -0.1) is 0 Å². The van der Waals surface area contributed by atoms with Crippen LogP contribution in [-0.2, 0) is 9.47 Å². The number of benzene rings is 1. The van der Waals surface area contributed by atoms with Crippen LogP contribution in [0.15, 0.2) is 29.3 Å². The van der Waals surface area contributed by atoms with E-state index in [-0.39, 0.29) is 6.29 Å². The number of aliphatic imine (C=N–C) groups is 1. The topological polar surface area (TPSA) is 42.9 Å². The molecule has 1 aromatic rings. The zero-order chi connectivity index (χ0) is 13.1. The third-order valence-electron chi connectivity index (χ3n) is 3.20. The predicted molar refractivity (Wildman–Crippen MR) is 78.7 cm³/mol. The smallest absolute Gasteiger partial charge is 0.184 e. The van der Waals surface area contributed by atoms with Crippen LogP contribution >= 0.6 is 11.8 Å². The molecule has 1 N–H and O–H groups in total. The molecule has 19 heavy (non-hydrogen) atoms. The van der Waals surface area contributed by atoms with E-state index >= 15 is 0 Å². The van der Waals surface area contributed by atoms with Crippen molar-refractivity contribution in [2.24, 2.45) is 4.99 Å². The van der Waals surface area contributed by atoms with E-state index in [1.165, 1.54) is 0 Å². The number of anilines is 1. The van der Waals surface area contributed by atoms with Crippen LogP contribution in [0.4, 0.5) is 5.69 Å². The average molecular weight is 278 g/mol. The predicted octanol–water partition coefficient (Wildman–Crippen LogP) is 3.03. The quantitative estimate of drug-likeness (QED) is 0.923. The van der Waals surface area contributed by atoms with E-state index in [1.807, 2.05) is 30.0 Å². The third kappa shape index (κ3) is 3.11. The molecule has 1 saturated heterocycles. The van der Waals surface area contributed by atoms with Crippen molar-refractivity contribution >= 4 is 22.6 Å². The molecule has 1 fully saturated rings. The minimum absolute atomic E-state index is 0.219. The van der Waals surface area contributed by atoms with Crippen molar-refractivity contribution in [2.75, 3.05) is 25.1 Å². The van der Waals surface area contributed by atoms with Crippen molar-refractivity contribution in [3.8, 4) is 0 Å². The number of nitrogens with zero attached hydrogens (tertiary/aromatic N) is 1. The fourth-order valence-electron chi connectivity index (χ4n) is 2.14. The van der Waals surface area contributed by atoms with Crippen molar-refractivity contribution in [3.05, 3.63) is 29.8 Å². The van der Waals surface area contributed by atoms with Gasteiger partial charge in [-0.25, -0.2) is 0 Å². The standard InChI is InChI=1S/C14H18N2O2S/c1-2-12-9-15-14(19-12)16-11-5-3-4-10(8-11)13-17-6-7-18-13/h3-5,8,12-13H,2,6-7,9H2,1H3,(H,15,16). The van der Waals surface area contributed by atoms with Crippen LogP contribution in [0.5, 0.6) is 0 Å². The number of rotatable bonds is 3. The highest BCUT2D eigenvalue weighted by molar-refractivity contribution is 8.15. The first-order valence-corrected chi connectivity index (χ1v) is 7.54. The van der Waals surface area contributed by atoms with Gasteiger partial charge in [-0.2, -0.15) is 0 Å². The summed E-state index contributed by atoms with van der Waals surface area (Å²) in [7, 11) is 0. The summed E-state index contributed by atoms with van der Waals surface area (Å²) in [5.41, 5.74) is 2.10. The summed E-state index contributed by atoms with van der Waals surface area (Å²) in [6.07, 6.45) is 0.937. The molecule has 0 aromatic heterocycles. The molecule has 2 aliphatic rings. The van der Waals surface area contributed by atoms with Gasteiger partial charge < -0.3 is 14.8 Å². The van der Waals surface area contributed by atoms with E-state index in [9.17, 15) is 0 Å². The van der Waals surface area contributed by atoms with Crippen molar-refractivity contribution in [1.82, 2.24) is 0 Å². The minimum Gasteiger partial charge on any atom is -0.346 e. The molecule has 2 aliphatic heterocycles. The Morgan fingerprint density at radius 2 is 2.21 bits per heavy atom. The summed E-state index contributed by atoms with van der Waals surface area (Å²) < 4.78 is 11.0. The fourth-order valence-corrected chi connectivity index (χ4v) is 3.09. The second-order valence-electron chi connectivity index (χ2n) is 4.62. The molecule has 1 unspecified atom stereocenters. The van der Waals surface area contributed by atoms with Gasteiger partial charge in [0.25, 0.3) is 0 Å². The number of hydrogen-bond donors (Lipinski definition) is 1. The van der Waals surface area contributed by atoms with Gasteiger partial charge >= 0.3 is 0 Å². The van der Waals surface area contributed by atoms with E-state index in [4.69, 9.17) is 9.47 Å². The number of nitrogens with one attached hydrogen (secondary N) is 1. The highest BCUT2D eigenvalue weighted by Crippen LogP contribution is 2.28. The van der Waals surface area contributed by atoms with Gasteiger partial charge in [0.15, 0.2) is 11.5 Å². The molecular formula is C14H18N2O2S. The maximum absolute atomic E-state index is 5.51. The Morgan fingerprint density at radius 3 is 2.95 bits per heavy atom. The van der Waals surface area contributed by atoms with E-state index in [0.717, 1.165) is 29.4 Å². The molecule has 4 nitrogen and oxygen atoms in total. The van der Waals surface area contributed by atoms with Gasteiger partial charge in [0, 0.05) is 16.5 Å². The summed E-state index contributed by atoms with van der Waals surface area (Å²) in [6.45, 7) is 4.45. The Morgan fingerprint density at radius 1 is 1.37 bits per heavy atom. The molecule has 2 heterocycles. The Kier molecular flexibility index (Phi) is 4.06. The van der Waals surface area contributed by atoms with Crippen LogP contribution in [-0.4, -0.2) is 30.2 Å². The van der Waals surface area contributed by atoms with E-state index in [1.54, 1.807) is 0 Å². The summed E-state index contributed by atoms with van der Waals surface area (Å²) >= 11 is 1.82. The SMILES string of the molecule is CCC1CN=C(Nc2cccc(C3OCCO3)c2)S1.